The molecule has 0 aliphatic heterocycles. The van der Waals surface area contributed by atoms with Gasteiger partial charge in [0.2, 0.25) is 0 Å². The third-order valence-electron chi connectivity index (χ3n) is 3.60. The van der Waals surface area contributed by atoms with Gasteiger partial charge in [0.15, 0.2) is 11.5 Å². The topological polar surface area (TPSA) is 46.2 Å². The van der Waals surface area contributed by atoms with Crippen LogP contribution in [-0.2, 0) is 0 Å². The van der Waals surface area contributed by atoms with E-state index in [9.17, 15) is 0 Å². The van der Waals surface area contributed by atoms with Gasteiger partial charge >= 0.3 is 0 Å². The molecule has 2 rings (SSSR count). The van der Waals surface area contributed by atoms with Crippen molar-refractivity contribution >= 4 is 12.2 Å². The zero-order chi connectivity index (χ0) is 17.5. The van der Waals surface area contributed by atoms with Crippen LogP contribution in [0, 0.1) is 0 Å². The molecule has 0 fully saturated rings. The van der Waals surface area contributed by atoms with Crippen LogP contribution in [0.15, 0.2) is 30.3 Å². The van der Waals surface area contributed by atoms with E-state index in [1.54, 1.807) is 35.5 Å². The molecule has 0 bridgehead atoms. The van der Waals surface area contributed by atoms with E-state index < -0.39 is 0 Å². The Morgan fingerprint density at radius 3 is 1.67 bits per heavy atom. The summed E-state index contributed by atoms with van der Waals surface area (Å²) in [5, 5.41) is 0. The fourth-order valence-corrected chi connectivity index (χ4v) is 2.33. The minimum atomic E-state index is 0.669. The van der Waals surface area contributed by atoms with Gasteiger partial charge in [-0.05, 0) is 23.8 Å². The Kier molecular flexibility index (Phi) is 5.95. The second-order valence-corrected chi connectivity index (χ2v) is 4.89. The molecule has 0 spiro atoms. The summed E-state index contributed by atoms with van der Waals surface area (Å²) in [6.45, 7) is 0. The predicted octanol–water partition coefficient (Wildman–Crippen LogP) is 3.90. The van der Waals surface area contributed by atoms with Crippen LogP contribution >= 0.6 is 0 Å². The minimum Gasteiger partial charge on any atom is -0.496 e. The Labute approximate surface area is 142 Å². The molecule has 0 aliphatic carbocycles. The number of hydrogen-bond acceptors (Lipinski definition) is 5. The minimum absolute atomic E-state index is 0.669. The molecule has 2 aromatic carbocycles. The monoisotopic (exact) mass is 330 g/mol. The SMILES string of the molecule is COc1cc(OC)c(/C=C/c2ccc(OC)c(OC)c2)c(OC)c1. The van der Waals surface area contributed by atoms with E-state index in [2.05, 4.69) is 0 Å². The van der Waals surface area contributed by atoms with Crippen molar-refractivity contribution in [3.05, 3.63) is 41.5 Å². The predicted molar refractivity (Wildman–Crippen MR) is 94.6 cm³/mol. The first-order valence-corrected chi connectivity index (χ1v) is 7.37. The molecule has 0 saturated carbocycles. The highest BCUT2D eigenvalue weighted by molar-refractivity contribution is 5.77. The van der Waals surface area contributed by atoms with E-state index in [4.69, 9.17) is 23.7 Å². The summed E-state index contributed by atoms with van der Waals surface area (Å²) in [7, 11) is 8.05. The van der Waals surface area contributed by atoms with Gasteiger partial charge in [-0.3, -0.25) is 0 Å². The summed E-state index contributed by atoms with van der Waals surface area (Å²) >= 11 is 0. The Hall–Kier alpha value is -2.82. The molecule has 0 saturated heterocycles. The molecule has 0 aromatic heterocycles. The van der Waals surface area contributed by atoms with Crippen molar-refractivity contribution in [3.63, 3.8) is 0 Å². The second kappa shape index (κ2) is 8.15. The molecule has 128 valence electrons. The third-order valence-corrected chi connectivity index (χ3v) is 3.60. The van der Waals surface area contributed by atoms with Gasteiger partial charge in [-0.15, -0.1) is 0 Å². The fraction of sp³-hybridized carbons (Fsp3) is 0.263. The molecule has 2 aromatic rings. The summed E-state index contributed by atoms with van der Waals surface area (Å²) < 4.78 is 26.7. The van der Waals surface area contributed by atoms with E-state index in [-0.39, 0.29) is 0 Å². The molecular weight excluding hydrogens is 308 g/mol. The van der Waals surface area contributed by atoms with Gasteiger partial charge in [-0.2, -0.15) is 0 Å². The van der Waals surface area contributed by atoms with Crippen LogP contribution in [0.1, 0.15) is 11.1 Å². The Morgan fingerprint density at radius 1 is 0.583 bits per heavy atom. The number of methoxy groups -OCH3 is 5. The number of ether oxygens (including phenoxy) is 5. The van der Waals surface area contributed by atoms with Crippen LogP contribution in [0.2, 0.25) is 0 Å². The smallest absolute Gasteiger partial charge is 0.161 e. The standard InChI is InChI=1S/C19H22O5/c1-20-14-11-17(22-3)15(18(12-14)23-4)8-6-13-7-9-16(21-2)19(10-13)24-5/h6-12H,1-5H3/b8-6+. The number of rotatable bonds is 7. The summed E-state index contributed by atoms with van der Waals surface area (Å²) in [6.07, 6.45) is 3.88. The van der Waals surface area contributed by atoms with Gasteiger partial charge < -0.3 is 23.7 Å². The van der Waals surface area contributed by atoms with Crippen LogP contribution in [0.5, 0.6) is 28.7 Å². The lowest BCUT2D eigenvalue weighted by Gasteiger charge is -2.12. The highest BCUT2D eigenvalue weighted by Crippen LogP contribution is 2.36. The molecule has 0 amide bonds. The van der Waals surface area contributed by atoms with Crippen molar-refractivity contribution in [2.24, 2.45) is 0 Å². The highest BCUT2D eigenvalue weighted by atomic mass is 16.5. The first-order valence-electron chi connectivity index (χ1n) is 7.37. The molecule has 0 N–H and O–H groups in total. The van der Waals surface area contributed by atoms with E-state index in [1.165, 1.54) is 0 Å². The third kappa shape index (κ3) is 3.74. The molecule has 0 heterocycles. The molecule has 0 atom stereocenters. The van der Waals surface area contributed by atoms with Gasteiger partial charge in [0.25, 0.3) is 0 Å². The van der Waals surface area contributed by atoms with Crippen molar-refractivity contribution in [1.29, 1.82) is 0 Å². The van der Waals surface area contributed by atoms with Gasteiger partial charge in [0.05, 0.1) is 41.1 Å². The van der Waals surface area contributed by atoms with Crippen LogP contribution in [-0.4, -0.2) is 35.5 Å². The van der Waals surface area contributed by atoms with Gasteiger partial charge in [-0.25, -0.2) is 0 Å². The molecular formula is C19H22O5. The van der Waals surface area contributed by atoms with Crippen LogP contribution < -0.4 is 23.7 Å². The average molecular weight is 330 g/mol. The normalized spacial score (nSPS) is 10.5. The average Bonchev–Trinajstić information content (AvgIpc) is 2.65. The Bertz CT molecular complexity index is 697. The van der Waals surface area contributed by atoms with Crippen LogP contribution in [0.3, 0.4) is 0 Å². The zero-order valence-electron chi connectivity index (χ0n) is 14.6. The zero-order valence-corrected chi connectivity index (χ0v) is 14.6. The summed E-state index contributed by atoms with van der Waals surface area (Å²) in [6, 6.07) is 9.34. The van der Waals surface area contributed by atoms with Crippen molar-refractivity contribution in [2.75, 3.05) is 35.5 Å². The van der Waals surface area contributed by atoms with Crippen molar-refractivity contribution in [3.8, 4) is 28.7 Å². The maximum atomic E-state index is 5.44. The Balaban J connectivity index is 2.41. The highest BCUT2D eigenvalue weighted by Gasteiger charge is 2.11. The lowest BCUT2D eigenvalue weighted by atomic mass is 10.1. The maximum Gasteiger partial charge on any atom is 0.161 e. The van der Waals surface area contributed by atoms with Crippen molar-refractivity contribution in [2.45, 2.75) is 0 Å². The van der Waals surface area contributed by atoms with Crippen molar-refractivity contribution in [1.82, 2.24) is 0 Å². The molecule has 24 heavy (non-hydrogen) atoms. The van der Waals surface area contributed by atoms with E-state index in [0.717, 1.165) is 11.1 Å². The first-order chi connectivity index (χ1) is 11.7. The molecule has 5 nitrogen and oxygen atoms in total. The lowest BCUT2D eigenvalue weighted by molar-refractivity contribution is 0.355. The number of hydrogen-bond donors (Lipinski definition) is 0. The molecule has 5 heteroatoms. The van der Waals surface area contributed by atoms with E-state index in [0.29, 0.717) is 28.7 Å². The first kappa shape index (κ1) is 17.5. The molecule has 0 unspecified atom stereocenters. The second-order valence-electron chi connectivity index (χ2n) is 4.89. The van der Waals surface area contributed by atoms with Crippen LogP contribution in [0.25, 0.3) is 12.2 Å². The van der Waals surface area contributed by atoms with Gasteiger partial charge in [-0.1, -0.05) is 12.1 Å². The largest absolute Gasteiger partial charge is 0.496 e. The summed E-state index contributed by atoms with van der Waals surface area (Å²) in [5.41, 5.74) is 1.79. The van der Waals surface area contributed by atoms with E-state index >= 15 is 0 Å². The summed E-state index contributed by atoms with van der Waals surface area (Å²) in [4.78, 5) is 0. The molecule has 0 aliphatic rings. The molecule has 0 radical (unpaired) electrons. The van der Waals surface area contributed by atoms with Gasteiger partial charge in [0, 0.05) is 12.1 Å². The van der Waals surface area contributed by atoms with E-state index in [1.807, 2.05) is 42.5 Å². The fourth-order valence-electron chi connectivity index (χ4n) is 2.33. The quantitative estimate of drug-likeness (QED) is 0.721. The van der Waals surface area contributed by atoms with Crippen molar-refractivity contribution < 1.29 is 23.7 Å². The summed E-state index contributed by atoms with van der Waals surface area (Å²) in [5.74, 6) is 3.38. The Morgan fingerprint density at radius 2 is 1.17 bits per heavy atom. The number of benzene rings is 2. The van der Waals surface area contributed by atoms with Gasteiger partial charge in [0.1, 0.15) is 17.2 Å². The maximum absolute atomic E-state index is 5.44. The lowest BCUT2D eigenvalue weighted by Crippen LogP contribution is -1.94. The van der Waals surface area contributed by atoms with Crippen LogP contribution in [0.4, 0.5) is 0 Å².